The third-order valence-corrected chi connectivity index (χ3v) is 2.69. The molecule has 0 rings (SSSR count). The van der Waals surface area contributed by atoms with Gasteiger partial charge in [0.05, 0.1) is 0 Å². The molecule has 15 heavy (non-hydrogen) atoms. The highest BCUT2D eigenvalue weighted by molar-refractivity contribution is 5.90. The molecule has 0 aliphatic heterocycles. The Morgan fingerprint density at radius 3 is 2.27 bits per heavy atom. The van der Waals surface area contributed by atoms with Crippen LogP contribution in [-0.2, 0) is 4.79 Å². The molecule has 0 aliphatic carbocycles. The first-order chi connectivity index (χ1) is 6.97. The van der Waals surface area contributed by atoms with E-state index in [0.717, 1.165) is 25.0 Å². The van der Waals surface area contributed by atoms with Crippen LogP contribution < -0.4 is 5.73 Å². The van der Waals surface area contributed by atoms with E-state index in [-0.39, 0.29) is 5.78 Å². The van der Waals surface area contributed by atoms with Gasteiger partial charge in [0.15, 0.2) is 5.78 Å². The van der Waals surface area contributed by atoms with E-state index in [1.165, 1.54) is 0 Å². The highest BCUT2D eigenvalue weighted by atomic mass is 16.1. The summed E-state index contributed by atoms with van der Waals surface area (Å²) < 4.78 is 0. The van der Waals surface area contributed by atoms with Crippen LogP contribution in [0.1, 0.15) is 47.0 Å². The van der Waals surface area contributed by atoms with E-state index in [4.69, 9.17) is 5.73 Å². The average molecular weight is 211 g/mol. The molecule has 2 heteroatoms. The van der Waals surface area contributed by atoms with E-state index in [1.54, 1.807) is 6.08 Å². The monoisotopic (exact) mass is 211 g/mol. The smallest absolute Gasteiger partial charge is 0.155 e. The molecule has 0 saturated heterocycles. The van der Waals surface area contributed by atoms with Crippen LogP contribution in [-0.4, -0.2) is 12.3 Å². The minimum Gasteiger partial charge on any atom is -0.330 e. The Morgan fingerprint density at radius 1 is 1.27 bits per heavy atom. The van der Waals surface area contributed by atoms with Gasteiger partial charge in [-0.25, -0.2) is 0 Å². The Kier molecular flexibility index (Phi) is 7.31. The maximum atomic E-state index is 11.5. The highest BCUT2D eigenvalue weighted by Crippen LogP contribution is 2.20. The third kappa shape index (κ3) is 7.32. The van der Waals surface area contributed by atoms with E-state index in [1.807, 2.05) is 13.8 Å². The van der Waals surface area contributed by atoms with E-state index in [2.05, 4.69) is 13.8 Å². The molecule has 2 nitrogen and oxygen atoms in total. The molecule has 0 spiro atoms. The lowest BCUT2D eigenvalue weighted by atomic mass is 9.87. The van der Waals surface area contributed by atoms with Crippen LogP contribution >= 0.6 is 0 Å². The Morgan fingerprint density at radius 2 is 1.87 bits per heavy atom. The predicted molar refractivity (Wildman–Crippen MR) is 65.7 cm³/mol. The minimum atomic E-state index is 0.248. The molecule has 0 amide bonds. The second-order valence-corrected chi connectivity index (χ2v) is 4.81. The van der Waals surface area contributed by atoms with E-state index in [0.29, 0.717) is 18.3 Å². The Bertz CT molecular complexity index is 215. The molecule has 1 atom stereocenters. The van der Waals surface area contributed by atoms with Crippen LogP contribution in [0, 0.1) is 11.8 Å². The van der Waals surface area contributed by atoms with Crippen molar-refractivity contribution in [1.82, 2.24) is 0 Å². The van der Waals surface area contributed by atoms with Gasteiger partial charge < -0.3 is 5.73 Å². The molecule has 0 fully saturated rings. The van der Waals surface area contributed by atoms with Gasteiger partial charge >= 0.3 is 0 Å². The van der Waals surface area contributed by atoms with Gasteiger partial charge in [-0.05, 0) is 51.1 Å². The van der Waals surface area contributed by atoms with Crippen molar-refractivity contribution in [1.29, 1.82) is 0 Å². The lowest BCUT2D eigenvalue weighted by molar-refractivity contribution is -0.115. The summed E-state index contributed by atoms with van der Waals surface area (Å²) in [5.41, 5.74) is 6.64. The summed E-state index contributed by atoms with van der Waals surface area (Å²) >= 11 is 0. The van der Waals surface area contributed by atoms with Crippen LogP contribution in [0.2, 0.25) is 0 Å². The number of rotatable bonds is 7. The summed E-state index contributed by atoms with van der Waals surface area (Å²) in [4.78, 5) is 11.5. The average Bonchev–Trinajstić information content (AvgIpc) is 2.10. The summed E-state index contributed by atoms with van der Waals surface area (Å²) in [6.45, 7) is 9.03. The second kappa shape index (κ2) is 7.63. The van der Waals surface area contributed by atoms with Crippen molar-refractivity contribution < 1.29 is 4.79 Å². The molecule has 2 N–H and O–H groups in total. The summed E-state index contributed by atoms with van der Waals surface area (Å²) in [7, 11) is 0. The first kappa shape index (κ1) is 14.4. The Balaban J connectivity index is 3.99. The largest absolute Gasteiger partial charge is 0.330 e. The Hall–Kier alpha value is -0.630. The minimum absolute atomic E-state index is 0.248. The van der Waals surface area contributed by atoms with Crippen molar-refractivity contribution >= 4 is 5.78 Å². The number of hydrogen-bond acceptors (Lipinski definition) is 2. The van der Waals surface area contributed by atoms with Gasteiger partial charge in [-0.2, -0.15) is 0 Å². The van der Waals surface area contributed by atoms with Crippen LogP contribution in [0.25, 0.3) is 0 Å². The number of carbonyl (C=O) groups excluding carboxylic acids is 1. The molecule has 0 aromatic heterocycles. The molecule has 0 bridgehead atoms. The molecular formula is C13H25NO. The molecule has 1 unspecified atom stereocenters. The van der Waals surface area contributed by atoms with Gasteiger partial charge in [0.2, 0.25) is 0 Å². The molecule has 0 aliphatic rings. The normalized spacial score (nSPS) is 12.7. The van der Waals surface area contributed by atoms with Crippen LogP contribution in [0.5, 0.6) is 0 Å². The third-order valence-electron chi connectivity index (χ3n) is 2.69. The summed E-state index contributed by atoms with van der Waals surface area (Å²) in [6, 6.07) is 0. The maximum Gasteiger partial charge on any atom is 0.155 e. The van der Waals surface area contributed by atoms with Crippen molar-refractivity contribution in [2.45, 2.75) is 47.0 Å². The van der Waals surface area contributed by atoms with Gasteiger partial charge in [-0.15, -0.1) is 0 Å². The molecule has 0 aromatic carbocycles. The number of allylic oxidation sites excluding steroid dienone is 2. The number of ketones is 1. The van der Waals surface area contributed by atoms with Crippen molar-refractivity contribution in [3.05, 3.63) is 11.6 Å². The molecular weight excluding hydrogens is 186 g/mol. The SMILES string of the molecule is CC(C)=CC(=O)CCC(CCN)C(C)C. The standard InChI is InChI=1S/C13H25NO/c1-10(2)9-13(15)6-5-12(7-8-14)11(3)4/h9,11-12H,5-8,14H2,1-4H3. The topological polar surface area (TPSA) is 43.1 Å². The molecule has 0 saturated carbocycles. The van der Waals surface area contributed by atoms with Crippen molar-refractivity contribution in [2.24, 2.45) is 17.6 Å². The van der Waals surface area contributed by atoms with E-state index in [9.17, 15) is 4.79 Å². The zero-order chi connectivity index (χ0) is 11.8. The highest BCUT2D eigenvalue weighted by Gasteiger charge is 2.13. The maximum absolute atomic E-state index is 11.5. The van der Waals surface area contributed by atoms with Crippen LogP contribution in [0.15, 0.2) is 11.6 Å². The van der Waals surface area contributed by atoms with Crippen molar-refractivity contribution in [3.63, 3.8) is 0 Å². The van der Waals surface area contributed by atoms with Crippen LogP contribution in [0.3, 0.4) is 0 Å². The first-order valence-corrected chi connectivity index (χ1v) is 5.85. The summed E-state index contributed by atoms with van der Waals surface area (Å²) in [5.74, 6) is 1.45. The second-order valence-electron chi connectivity index (χ2n) is 4.81. The number of hydrogen-bond donors (Lipinski definition) is 1. The summed E-state index contributed by atoms with van der Waals surface area (Å²) in [6.07, 6.45) is 4.39. The first-order valence-electron chi connectivity index (χ1n) is 5.85. The van der Waals surface area contributed by atoms with Crippen molar-refractivity contribution in [2.75, 3.05) is 6.54 Å². The molecule has 0 aromatic rings. The Labute approximate surface area is 93.9 Å². The van der Waals surface area contributed by atoms with Gasteiger partial charge in [-0.3, -0.25) is 4.79 Å². The molecule has 0 heterocycles. The van der Waals surface area contributed by atoms with E-state index < -0.39 is 0 Å². The quantitative estimate of drug-likeness (QED) is 0.658. The fourth-order valence-electron chi connectivity index (χ4n) is 1.75. The van der Waals surface area contributed by atoms with E-state index >= 15 is 0 Å². The predicted octanol–water partition coefficient (Wildman–Crippen LogP) is 2.92. The lowest BCUT2D eigenvalue weighted by Crippen LogP contribution is -2.15. The zero-order valence-corrected chi connectivity index (χ0v) is 10.5. The van der Waals surface area contributed by atoms with Crippen LogP contribution in [0.4, 0.5) is 0 Å². The number of nitrogens with two attached hydrogens (primary N) is 1. The number of carbonyl (C=O) groups is 1. The molecule has 0 radical (unpaired) electrons. The lowest BCUT2D eigenvalue weighted by Gasteiger charge is -2.19. The van der Waals surface area contributed by atoms with Gasteiger partial charge in [0.25, 0.3) is 0 Å². The fraction of sp³-hybridized carbons (Fsp3) is 0.769. The zero-order valence-electron chi connectivity index (χ0n) is 10.5. The fourth-order valence-corrected chi connectivity index (χ4v) is 1.75. The van der Waals surface area contributed by atoms with Crippen molar-refractivity contribution in [3.8, 4) is 0 Å². The van der Waals surface area contributed by atoms with Gasteiger partial charge in [0, 0.05) is 6.42 Å². The summed E-state index contributed by atoms with van der Waals surface area (Å²) in [5, 5.41) is 0. The molecule has 88 valence electrons. The van der Waals surface area contributed by atoms with Gasteiger partial charge in [-0.1, -0.05) is 19.4 Å². The van der Waals surface area contributed by atoms with Gasteiger partial charge in [0.1, 0.15) is 0 Å².